The van der Waals surface area contributed by atoms with E-state index in [4.69, 9.17) is 9.47 Å². The Bertz CT molecular complexity index is 445. The van der Waals surface area contributed by atoms with E-state index < -0.39 is 5.79 Å². The van der Waals surface area contributed by atoms with Crippen LogP contribution >= 0.6 is 0 Å². The summed E-state index contributed by atoms with van der Waals surface area (Å²) >= 11 is 0. The number of rotatable bonds is 4. The Morgan fingerprint density at radius 2 is 2.00 bits per heavy atom. The van der Waals surface area contributed by atoms with Crippen molar-refractivity contribution in [2.75, 3.05) is 19.8 Å². The second kappa shape index (κ2) is 6.44. The van der Waals surface area contributed by atoms with Crippen molar-refractivity contribution in [1.29, 1.82) is 0 Å². The molecule has 0 aromatic heterocycles. The highest BCUT2D eigenvalue weighted by Gasteiger charge is 2.45. The van der Waals surface area contributed by atoms with Crippen molar-refractivity contribution in [3.63, 3.8) is 0 Å². The van der Waals surface area contributed by atoms with Crippen LogP contribution in [0, 0.1) is 5.92 Å². The first-order chi connectivity index (χ1) is 10.2. The molecule has 4 nitrogen and oxygen atoms in total. The standard InChI is InChI=1S/C17H25NO3/c1-13(14-5-3-2-4-6-14)18-16-11-17(20-9-10-21-17)8-7-15(16)12-19/h2-6,13,15-16,18-19H,7-12H2,1H3/t13-,15?,16?/m1/s1. The van der Waals surface area contributed by atoms with Gasteiger partial charge in [-0.2, -0.15) is 0 Å². The van der Waals surface area contributed by atoms with E-state index >= 15 is 0 Å². The Labute approximate surface area is 126 Å². The molecular weight excluding hydrogens is 266 g/mol. The molecule has 2 aliphatic rings. The van der Waals surface area contributed by atoms with E-state index in [9.17, 15) is 5.11 Å². The predicted octanol–water partition coefficient (Wildman–Crippen LogP) is 2.24. The van der Waals surface area contributed by atoms with Crippen molar-refractivity contribution in [3.8, 4) is 0 Å². The molecule has 1 aliphatic heterocycles. The van der Waals surface area contributed by atoms with Crippen molar-refractivity contribution in [2.24, 2.45) is 5.92 Å². The van der Waals surface area contributed by atoms with E-state index in [1.165, 1.54) is 5.56 Å². The largest absolute Gasteiger partial charge is 0.396 e. The van der Waals surface area contributed by atoms with E-state index in [0.29, 0.717) is 13.2 Å². The van der Waals surface area contributed by atoms with Gasteiger partial charge in [-0.3, -0.25) is 0 Å². The van der Waals surface area contributed by atoms with Gasteiger partial charge in [0.1, 0.15) is 0 Å². The first-order valence-corrected chi connectivity index (χ1v) is 7.92. The van der Waals surface area contributed by atoms with Gasteiger partial charge >= 0.3 is 0 Å². The van der Waals surface area contributed by atoms with Gasteiger partial charge in [0.25, 0.3) is 0 Å². The van der Waals surface area contributed by atoms with Crippen LogP contribution in [0.4, 0.5) is 0 Å². The number of hydrogen-bond acceptors (Lipinski definition) is 4. The molecule has 116 valence electrons. The lowest BCUT2D eigenvalue weighted by atomic mass is 9.80. The normalized spacial score (nSPS) is 29.6. The van der Waals surface area contributed by atoms with E-state index in [2.05, 4.69) is 36.5 Å². The van der Waals surface area contributed by atoms with Crippen LogP contribution in [0.3, 0.4) is 0 Å². The Balaban J connectivity index is 1.68. The zero-order valence-electron chi connectivity index (χ0n) is 12.6. The lowest BCUT2D eigenvalue weighted by Crippen LogP contribution is -2.50. The second-order valence-corrected chi connectivity index (χ2v) is 6.20. The van der Waals surface area contributed by atoms with Gasteiger partial charge in [0.2, 0.25) is 0 Å². The molecule has 0 bridgehead atoms. The summed E-state index contributed by atoms with van der Waals surface area (Å²) in [6.45, 7) is 3.76. The molecule has 1 aromatic rings. The minimum Gasteiger partial charge on any atom is -0.396 e. The van der Waals surface area contributed by atoms with Gasteiger partial charge in [-0.05, 0) is 24.8 Å². The van der Waals surface area contributed by atoms with Crippen LogP contribution in [0.1, 0.15) is 37.8 Å². The van der Waals surface area contributed by atoms with Gasteiger partial charge in [0.15, 0.2) is 5.79 Å². The molecule has 0 radical (unpaired) electrons. The van der Waals surface area contributed by atoms with Crippen molar-refractivity contribution < 1.29 is 14.6 Å². The number of aliphatic hydroxyl groups is 1. The summed E-state index contributed by atoms with van der Waals surface area (Å²) in [6, 6.07) is 10.9. The number of hydrogen-bond donors (Lipinski definition) is 2. The molecule has 0 amide bonds. The van der Waals surface area contributed by atoms with E-state index in [1.54, 1.807) is 0 Å². The summed E-state index contributed by atoms with van der Waals surface area (Å²) in [6.07, 6.45) is 2.64. The predicted molar refractivity (Wildman–Crippen MR) is 80.8 cm³/mol. The third-order valence-electron chi connectivity index (χ3n) is 4.81. The molecule has 2 unspecified atom stereocenters. The first-order valence-electron chi connectivity index (χ1n) is 7.92. The zero-order chi connectivity index (χ0) is 14.7. The van der Waals surface area contributed by atoms with Crippen LogP contribution in [-0.2, 0) is 9.47 Å². The summed E-state index contributed by atoms with van der Waals surface area (Å²) < 4.78 is 11.7. The molecule has 21 heavy (non-hydrogen) atoms. The first kappa shape index (κ1) is 15.0. The summed E-state index contributed by atoms with van der Waals surface area (Å²) in [5.41, 5.74) is 1.27. The van der Waals surface area contributed by atoms with Crippen LogP contribution in [0.2, 0.25) is 0 Å². The molecule has 2 fully saturated rings. The molecule has 3 atom stereocenters. The highest BCUT2D eigenvalue weighted by molar-refractivity contribution is 5.18. The Kier molecular flexibility index (Phi) is 4.60. The monoisotopic (exact) mass is 291 g/mol. The van der Waals surface area contributed by atoms with E-state index in [1.807, 2.05) is 6.07 Å². The van der Waals surface area contributed by atoms with Crippen LogP contribution in [0.15, 0.2) is 30.3 Å². The molecule has 4 heteroatoms. The SMILES string of the molecule is C[C@@H](NC1CC2(CCC1CO)OCCO2)c1ccccc1. The minimum atomic E-state index is -0.417. The second-order valence-electron chi connectivity index (χ2n) is 6.20. The summed E-state index contributed by atoms with van der Waals surface area (Å²) in [5, 5.41) is 13.3. The van der Waals surface area contributed by atoms with Gasteiger partial charge < -0.3 is 19.9 Å². The van der Waals surface area contributed by atoms with Crippen LogP contribution < -0.4 is 5.32 Å². The molecule has 1 heterocycles. The highest BCUT2D eigenvalue weighted by Crippen LogP contribution is 2.39. The van der Waals surface area contributed by atoms with Crippen molar-refractivity contribution >= 4 is 0 Å². The van der Waals surface area contributed by atoms with Gasteiger partial charge in [0.05, 0.1) is 13.2 Å². The van der Waals surface area contributed by atoms with Crippen molar-refractivity contribution in [1.82, 2.24) is 5.32 Å². The molecule has 1 saturated carbocycles. The number of ether oxygens (including phenoxy) is 2. The van der Waals surface area contributed by atoms with Gasteiger partial charge in [-0.15, -0.1) is 0 Å². The highest BCUT2D eigenvalue weighted by atomic mass is 16.7. The third kappa shape index (κ3) is 3.29. The Hall–Kier alpha value is -0.940. The van der Waals surface area contributed by atoms with Gasteiger partial charge in [-0.25, -0.2) is 0 Å². The minimum absolute atomic E-state index is 0.218. The number of benzene rings is 1. The average Bonchev–Trinajstić information content (AvgIpc) is 2.96. The van der Waals surface area contributed by atoms with Crippen LogP contribution in [-0.4, -0.2) is 36.8 Å². The summed E-state index contributed by atoms with van der Waals surface area (Å²) in [5.74, 6) is -0.144. The Morgan fingerprint density at radius 3 is 2.67 bits per heavy atom. The summed E-state index contributed by atoms with van der Waals surface area (Å²) in [7, 11) is 0. The Morgan fingerprint density at radius 1 is 1.29 bits per heavy atom. The fourth-order valence-electron chi connectivity index (χ4n) is 3.54. The maximum Gasteiger partial charge on any atom is 0.170 e. The molecule has 3 rings (SSSR count). The maximum atomic E-state index is 9.65. The molecule has 2 N–H and O–H groups in total. The van der Waals surface area contributed by atoms with Gasteiger partial charge in [0, 0.05) is 31.5 Å². The fourth-order valence-corrected chi connectivity index (χ4v) is 3.54. The lowest BCUT2D eigenvalue weighted by Gasteiger charge is -2.42. The van der Waals surface area contributed by atoms with E-state index in [-0.39, 0.29) is 24.6 Å². The van der Waals surface area contributed by atoms with Crippen LogP contribution in [0.25, 0.3) is 0 Å². The van der Waals surface area contributed by atoms with Crippen molar-refractivity contribution in [3.05, 3.63) is 35.9 Å². The molecule has 1 saturated heterocycles. The smallest absolute Gasteiger partial charge is 0.170 e. The summed E-state index contributed by atoms with van der Waals surface area (Å²) in [4.78, 5) is 0. The van der Waals surface area contributed by atoms with E-state index in [0.717, 1.165) is 19.3 Å². The topological polar surface area (TPSA) is 50.7 Å². The van der Waals surface area contributed by atoms with Crippen LogP contribution in [0.5, 0.6) is 0 Å². The molecule has 1 aliphatic carbocycles. The molecule has 1 spiro atoms. The molecule has 1 aromatic carbocycles. The fraction of sp³-hybridized carbons (Fsp3) is 0.647. The molecular formula is C17H25NO3. The van der Waals surface area contributed by atoms with Gasteiger partial charge in [-0.1, -0.05) is 30.3 Å². The maximum absolute atomic E-state index is 9.65. The quantitative estimate of drug-likeness (QED) is 0.893. The number of aliphatic hydroxyl groups excluding tert-OH is 1. The lowest BCUT2D eigenvalue weighted by molar-refractivity contribution is -0.190. The zero-order valence-corrected chi connectivity index (χ0v) is 12.6. The average molecular weight is 291 g/mol. The number of nitrogens with one attached hydrogen (secondary N) is 1. The third-order valence-corrected chi connectivity index (χ3v) is 4.81. The van der Waals surface area contributed by atoms with Crippen molar-refractivity contribution in [2.45, 2.75) is 44.1 Å².